The molecule has 5 heavy (non-hydrogen) atoms. The van der Waals surface area contributed by atoms with Crippen molar-refractivity contribution in [2.45, 2.75) is 0 Å². The molecule has 0 aliphatic heterocycles. The average Bonchev–Trinajstić information content (AvgIpc) is 1.00. The van der Waals surface area contributed by atoms with E-state index in [2.05, 4.69) is 24.9 Å². The molecule has 0 N–H and O–H groups in total. The van der Waals surface area contributed by atoms with Crippen LogP contribution in [0.1, 0.15) is 0 Å². The Morgan fingerprint density at radius 1 is 1.20 bits per heavy atom. The van der Waals surface area contributed by atoms with E-state index in [0.717, 1.165) is 0 Å². The summed E-state index contributed by atoms with van der Waals surface area (Å²) in [5.74, 6) is 0. The van der Waals surface area contributed by atoms with Crippen LogP contribution >= 0.6 is 10.6 Å². The maximum atomic E-state index is 3.90. The van der Waals surface area contributed by atoms with E-state index in [9.17, 15) is 0 Å². The van der Waals surface area contributed by atoms with Crippen LogP contribution in [0.4, 0.5) is 0 Å². The van der Waals surface area contributed by atoms with Crippen LogP contribution in [-0.2, 0) is 27.9 Å². The Bertz CT molecular complexity index is 7.61. The second kappa shape index (κ2) is 30.4. The fourth-order valence-corrected chi connectivity index (χ4v) is 0. The van der Waals surface area contributed by atoms with Crippen molar-refractivity contribution in [1.82, 2.24) is 0 Å². The van der Waals surface area contributed by atoms with Gasteiger partial charge in [0.15, 0.2) is 0 Å². The molecule has 0 spiro atoms. The molecule has 0 aromatic rings. The molecule has 0 nitrogen and oxygen atoms in total. The van der Waals surface area contributed by atoms with Gasteiger partial charge in [-0.2, -0.15) is 0 Å². The molecule has 0 unspecified atom stereocenters. The van der Waals surface area contributed by atoms with Crippen molar-refractivity contribution in [2.75, 3.05) is 0 Å². The van der Waals surface area contributed by atoms with Crippen molar-refractivity contribution in [2.24, 2.45) is 0 Å². The van der Waals surface area contributed by atoms with Crippen molar-refractivity contribution in [3.63, 3.8) is 0 Å². The molecule has 0 amide bonds. The van der Waals surface area contributed by atoms with Gasteiger partial charge >= 0.3 is 71.0 Å². The van der Waals surface area contributed by atoms with Gasteiger partial charge in [-0.05, 0) is 0 Å². The molecule has 0 aromatic heterocycles. The van der Waals surface area contributed by atoms with Crippen molar-refractivity contribution in [1.29, 1.82) is 0 Å². The van der Waals surface area contributed by atoms with Crippen LogP contribution in [0.3, 0.4) is 0 Å². The Hall–Kier alpha value is 2.62. The molecule has 5 heteroatoms. The second-order valence-corrected chi connectivity index (χ2v) is 0. The minimum absolute atomic E-state index is 0. The van der Waals surface area contributed by atoms with Gasteiger partial charge in [0.2, 0.25) is 0 Å². The van der Waals surface area contributed by atoms with E-state index in [4.69, 9.17) is 0 Å². The molecule has 0 fully saturated rings. The average molecular weight is 172 g/mol. The SMILES string of the molecule is [MgH+].[MgH2].[SH-].[S]=[Mn]. The Morgan fingerprint density at radius 3 is 1.20 bits per heavy atom. The third-order valence-corrected chi connectivity index (χ3v) is 0. The molecular formula is H4Mg2MnS2. The predicted molar refractivity (Wildman–Crippen MR) is 32.0 cm³/mol. The van der Waals surface area contributed by atoms with Gasteiger partial charge in [0.05, 0.1) is 0 Å². The maximum absolute atomic E-state index is 3.90. The van der Waals surface area contributed by atoms with E-state index in [1.807, 2.05) is 0 Å². The van der Waals surface area contributed by atoms with E-state index >= 15 is 0 Å². The van der Waals surface area contributed by atoms with Gasteiger partial charge in [0.25, 0.3) is 0 Å². The van der Waals surface area contributed by atoms with Crippen molar-refractivity contribution in [3.8, 4) is 0 Å². The normalized spacial score (nSPS) is 0.800. The molecule has 0 aromatic carbocycles. The third kappa shape index (κ3) is 20.6. The first-order chi connectivity index (χ1) is 1.00. The van der Waals surface area contributed by atoms with Crippen LogP contribution in [0, 0.1) is 0 Å². The Balaban J connectivity index is -0.00000000167. The first kappa shape index (κ1) is 25.5. The zero-order valence-electron chi connectivity index (χ0n) is 2.23. The van der Waals surface area contributed by atoms with Gasteiger partial charge in [-0.3, -0.25) is 0 Å². The molecule has 0 bridgehead atoms. The van der Waals surface area contributed by atoms with E-state index in [1.54, 1.807) is 0 Å². The van der Waals surface area contributed by atoms with Gasteiger partial charge in [-0.25, -0.2) is 0 Å². The van der Waals surface area contributed by atoms with Gasteiger partial charge < -0.3 is 13.5 Å². The summed E-state index contributed by atoms with van der Waals surface area (Å²) in [7, 11) is 3.90. The fraction of sp³-hybridized carbons (Fsp3) is 0. The minimum atomic E-state index is 0. The molecule has 0 rings (SSSR count). The number of thiol groups is 1. The molecule has 0 atom stereocenters. The van der Waals surface area contributed by atoms with Gasteiger partial charge in [-0.1, -0.05) is 0 Å². The van der Waals surface area contributed by atoms with Gasteiger partial charge in [-0.15, -0.1) is 0 Å². The molecule has 0 saturated heterocycles. The molecule has 0 aliphatic rings. The fourth-order valence-electron chi connectivity index (χ4n) is 0. The third-order valence-electron chi connectivity index (χ3n) is 0. The summed E-state index contributed by atoms with van der Waals surface area (Å²) in [5.41, 5.74) is 0. The summed E-state index contributed by atoms with van der Waals surface area (Å²) < 4.78 is 0. The topological polar surface area (TPSA) is 0 Å². The molecule has 27 valence electrons. The summed E-state index contributed by atoms with van der Waals surface area (Å²) in [5, 5.41) is 0. The number of hydrogen-bond acceptors (Lipinski definition) is 2. The van der Waals surface area contributed by atoms with Crippen molar-refractivity contribution in [3.05, 3.63) is 0 Å². The zero-order valence-corrected chi connectivity index (χ0v) is 7.12. The molecule has 0 radical (unpaired) electrons. The Kier molecular flexibility index (Phi) is 155. The molecule has 0 saturated carbocycles. The first-order valence-corrected chi connectivity index (χ1v) is 1.91. The van der Waals surface area contributed by atoms with E-state index in [1.165, 1.54) is 0 Å². The number of rotatable bonds is 0. The number of hydrogen-bond donors (Lipinski definition) is 0. The Morgan fingerprint density at radius 2 is 1.20 bits per heavy atom. The van der Waals surface area contributed by atoms with Crippen LogP contribution in [0.25, 0.3) is 0 Å². The first-order valence-electron chi connectivity index (χ1n) is 0.154. The predicted octanol–water partition coefficient (Wildman–Crippen LogP) is -1.19. The molecule has 0 aliphatic carbocycles. The summed E-state index contributed by atoms with van der Waals surface area (Å²) in [6.45, 7) is 0. The van der Waals surface area contributed by atoms with Crippen molar-refractivity contribution >= 4 is 70.2 Å². The van der Waals surface area contributed by atoms with E-state index in [-0.39, 0.29) is 59.6 Å². The van der Waals surface area contributed by atoms with E-state index in [0.29, 0.717) is 0 Å². The van der Waals surface area contributed by atoms with Crippen LogP contribution in [0.5, 0.6) is 0 Å². The van der Waals surface area contributed by atoms with Gasteiger partial charge in [0, 0.05) is 0 Å². The van der Waals surface area contributed by atoms with Crippen LogP contribution in [0.2, 0.25) is 0 Å². The Labute approximate surface area is 83.3 Å². The summed E-state index contributed by atoms with van der Waals surface area (Å²) >= 11 is 2.52. The summed E-state index contributed by atoms with van der Waals surface area (Å²) in [6, 6.07) is 0. The van der Waals surface area contributed by atoms with E-state index < -0.39 is 0 Å². The molecule has 0 heterocycles. The standard InChI is InChI=1S/2Mg.Mn.H2S.S.3H/h;;;1H2;;;;/q;+1;;;;;;/p-1. The van der Waals surface area contributed by atoms with Crippen LogP contribution in [-0.4, -0.2) is 46.1 Å². The van der Waals surface area contributed by atoms with Crippen molar-refractivity contribution < 1.29 is 14.4 Å². The summed E-state index contributed by atoms with van der Waals surface area (Å²) in [4.78, 5) is 0. The monoisotopic (exact) mass is 171 g/mol. The van der Waals surface area contributed by atoms with Crippen LogP contribution in [0.15, 0.2) is 0 Å². The summed E-state index contributed by atoms with van der Waals surface area (Å²) in [6.07, 6.45) is 0. The second-order valence-electron chi connectivity index (χ2n) is 0. The van der Waals surface area contributed by atoms with Crippen LogP contribution < -0.4 is 0 Å². The zero-order chi connectivity index (χ0) is 2.00. The molecular weight excluding hydrogens is 168 g/mol. The van der Waals surface area contributed by atoms with Gasteiger partial charge in [0.1, 0.15) is 0 Å². The quantitative estimate of drug-likeness (QED) is 0.256.